The van der Waals surface area contributed by atoms with Gasteiger partial charge in [0.1, 0.15) is 11.6 Å². The number of pyridine rings is 1. The fourth-order valence-electron chi connectivity index (χ4n) is 1.54. The molecule has 0 spiro atoms. The van der Waals surface area contributed by atoms with E-state index in [2.05, 4.69) is 31.0 Å². The summed E-state index contributed by atoms with van der Waals surface area (Å²) in [4.78, 5) is 4.17. The zero-order valence-corrected chi connectivity index (χ0v) is 12.1. The van der Waals surface area contributed by atoms with Crippen LogP contribution in [0.25, 0.3) is 0 Å². The zero-order valence-electron chi connectivity index (χ0n) is 10.5. The summed E-state index contributed by atoms with van der Waals surface area (Å²) in [6, 6.07) is 6.15. The van der Waals surface area contributed by atoms with Crippen molar-refractivity contribution in [1.82, 2.24) is 4.98 Å². The summed E-state index contributed by atoms with van der Waals surface area (Å²) in [5, 5.41) is 3.06. The zero-order chi connectivity index (χ0) is 14.7. The molecular weight excluding hydrogens is 332 g/mol. The molecule has 0 unspecified atom stereocenters. The highest BCUT2D eigenvalue weighted by molar-refractivity contribution is 9.10. The predicted molar refractivity (Wildman–Crippen MR) is 77.4 cm³/mol. The van der Waals surface area contributed by atoms with Gasteiger partial charge in [-0.3, -0.25) is 0 Å². The lowest BCUT2D eigenvalue weighted by Gasteiger charge is -2.11. The number of hydrogen-bond acceptors (Lipinski definition) is 4. The molecule has 20 heavy (non-hydrogen) atoms. The SMILES string of the molecule is Cc1c(N)cnc(Nc2ccc(OC(F)F)cc2)c1Br. The highest BCUT2D eigenvalue weighted by atomic mass is 79.9. The smallest absolute Gasteiger partial charge is 0.387 e. The molecule has 0 saturated heterocycles. The molecule has 0 radical (unpaired) electrons. The summed E-state index contributed by atoms with van der Waals surface area (Å²) in [6.45, 7) is -0.962. The van der Waals surface area contributed by atoms with Crippen molar-refractivity contribution in [3.05, 3.63) is 40.5 Å². The topological polar surface area (TPSA) is 60.2 Å². The van der Waals surface area contributed by atoms with Gasteiger partial charge in [0.15, 0.2) is 0 Å². The molecule has 0 amide bonds. The number of anilines is 3. The standard InChI is InChI=1S/C13H12BrF2N3O/c1-7-10(17)6-18-12(11(7)14)19-8-2-4-9(5-3-8)20-13(15)16/h2-6,13H,17H2,1H3,(H,18,19). The Kier molecular flexibility index (Phi) is 4.39. The van der Waals surface area contributed by atoms with Gasteiger partial charge in [-0.15, -0.1) is 0 Å². The maximum atomic E-state index is 12.0. The summed E-state index contributed by atoms with van der Waals surface area (Å²) in [5.41, 5.74) is 7.90. The van der Waals surface area contributed by atoms with E-state index in [1.807, 2.05) is 6.92 Å². The Morgan fingerprint density at radius 3 is 2.55 bits per heavy atom. The number of halogens is 3. The lowest BCUT2D eigenvalue weighted by molar-refractivity contribution is -0.0498. The Hall–Kier alpha value is -1.89. The monoisotopic (exact) mass is 343 g/mol. The summed E-state index contributed by atoms with van der Waals surface area (Å²) in [7, 11) is 0. The molecule has 0 bridgehead atoms. The van der Waals surface area contributed by atoms with Gasteiger partial charge in [-0.1, -0.05) is 0 Å². The van der Waals surface area contributed by atoms with Crippen LogP contribution in [0.4, 0.5) is 26.0 Å². The molecule has 0 aliphatic heterocycles. The van der Waals surface area contributed by atoms with Gasteiger partial charge >= 0.3 is 6.61 Å². The minimum absolute atomic E-state index is 0.103. The minimum Gasteiger partial charge on any atom is -0.435 e. The van der Waals surface area contributed by atoms with Gasteiger partial charge in [-0.25, -0.2) is 4.98 Å². The first-order chi connectivity index (χ1) is 9.47. The van der Waals surface area contributed by atoms with E-state index in [9.17, 15) is 8.78 Å². The third-order valence-corrected chi connectivity index (χ3v) is 3.62. The molecule has 4 nitrogen and oxygen atoms in total. The van der Waals surface area contributed by atoms with Crippen molar-refractivity contribution in [3.63, 3.8) is 0 Å². The van der Waals surface area contributed by atoms with Gasteiger partial charge in [0.05, 0.1) is 16.4 Å². The summed E-state index contributed by atoms with van der Waals surface area (Å²) in [5.74, 6) is 0.699. The molecule has 0 atom stereocenters. The van der Waals surface area contributed by atoms with Crippen molar-refractivity contribution >= 4 is 33.1 Å². The van der Waals surface area contributed by atoms with Crippen LogP contribution >= 0.6 is 15.9 Å². The van der Waals surface area contributed by atoms with Crippen LogP contribution < -0.4 is 15.8 Å². The summed E-state index contributed by atoms with van der Waals surface area (Å²) in [6.07, 6.45) is 1.55. The van der Waals surface area contributed by atoms with Gasteiger partial charge in [-0.2, -0.15) is 8.78 Å². The van der Waals surface area contributed by atoms with Gasteiger partial charge in [0.2, 0.25) is 0 Å². The van der Waals surface area contributed by atoms with Crippen molar-refractivity contribution in [2.45, 2.75) is 13.5 Å². The third kappa shape index (κ3) is 3.36. The third-order valence-electron chi connectivity index (χ3n) is 2.65. The van der Waals surface area contributed by atoms with Crippen LogP contribution in [0, 0.1) is 6.92 Å². The van der Waals surface area contributed by atoms with E-state index in [4.69, 9.17) is 5.73 Å². The Balaban J connectivity index is 2.16. The summed E-state index contributed by atoms with van der Waals surface area (Å²) < 4.78 is 29.1. The number of benzene rings is 1. The molecule has 1 aromatic carbocycles. The molecule has 2 aromatic rings. The second-order valence-corrected chi connectivity index (χ2v) is 4.82. The second-order valence-electron chi connectivity index (χ2n) is 4.03. The Morgan fingerprint density at radius 1 is 1.30 bits per heavy atom. The Morgan fingerprint density at radius 2 is 1.95 bits per heavy atom. The number of nitrogens with two attached hydrogens (primary N) is 1. The van der Waals surface area contributed by atoms with Crippen molar-refractivity contribution in [3.8, 4) is 5.75 Å². The molecule has 0 saturated carbocycles. The average molecular weight is 344 g/mol. The highest BCUT2D eigenvalue weighted by Crippen LogP contribution is 2.30. The van der Waals surface area contributed by atoms with Gasteiger partial charge < -0.3 is 15.8 Å². The number of ether oxygens (including phenoxy) is 1. The van der Waals surface area contributed by atoms with Crippen LogP contribution in [0.2, 0.25) is 0 Å². The van der Waals surface area contributed by atoms with Crippen molar-refractivity contribution in [2.24, 2.45) is 0 Å². The van der Waals surface area contributed by atoms with E-state index in [1.54, 1.807) is 18.3 Å². The van der Waals surface area contributed by atoms with Crippen molar-refractivity contribution in [2.75, 3.05) is 11.1 Å². The number of rotatable bonds is 4. The van der Waals surface area contributed by atoms with Crippen LogP contribution in [-0.2, 0) is 0 Å². The van der Waals surface area contributed by atoms with Gasteiger partial charge in [0.25, 0.3) is 0 Å². The molecule has 106 valence electrons. The fourth-order valence-corrected chi connectivity index (χ4v) is 1.97. The van der Waals surface area contributed by atoms with E-state index < -0.39 is 6.61 Å². The van der Waals surface area contributed by atoms with Crippen molar-refractivity contribution in [1.29, 1.82) is 0 Å². The fraction of sp³-hybridized carbons (Fsp3) is 0.154. The molecule has 1 heterocycles. The van der Waals surface area contributed by atoms with Crippen LogP contribution in [0.3, 0.4) is 0 Å². The quantitative estimate of drug-likeness (QED) is 0.877. The van der Waals surface area contributed by atoms with Crippen molar-refractivity contribution < 1.29 is 13.5 Å². The Labute approximate surface area is 123 Å². The van der Waals surface area contributed by atoms with Crippen LogP contribution in [0.1, 0.15) is 5.56 Å². The molecule has 1 aromatic heterocycles. The molecule has 0 fully saturated rings. The molecule has 3 N–H and O–H groups in total. The average Bonchev–Trinajstić information content (AvgIpc) is 2.41. The first kappa shape index (κ1) is 14.5. The highest BCUT2D eigenvalue weighted by Gasteiger charge is 2.08. The number of hydrogen-bond donors (Lipinski definition) is 2. The van der Waals surface area contributed by atoms with E-state index >= 15 is 0 Å². The lowest BCUT2D eigenvalue weighted by Crippen LogP contribution is -2.02. The maximum Gasteiger partial charge on any atom is 0.387 e. The van der Waals surface area contributed by atoms with Gasteiger partial charge in [-0.05, 0) is 52.7 Å². The largest absolute Gasteiger partial charge is 0.435 e. The Bertz CT molecular complexity index is 605. The molecule has 0 aliphatic rings. The van der Waals surface area contributed by atoms with E-state index in [0.717, 1.165) is 10.0 Å². The van der Waals surface area contributed by atoms with E-state index in [1.165, 1.54) is 12.1 Å². The van der Waals surface area contributed by atoms with Gasteiger partial charge in [0, 0.05) is 5.69 Å². The summed E-state index contributed by atoms with van der Waals surface area (Å²) >= 11 is 3.41. The molecule has 7 heteroatoms. The molecule has 2 rings (SSSR count). The molecule has 0 aliphatic carbocycles. The number of nitrogen functional groups attached to an aromatic ring is 1. The van der Waals surface area contributed by atoms with E-state index in [0.29, 0.717) is 17.2 Å². The first-order valence-electron chi connectivity index (χ1n) is 5.70. The van der Waals surface area contributed by atoms with Crippen LogP contribution in [0.15, 0.2) is 34.9 Å². The van der Waals surface area contributed by atoms with Crippen LogP contribution in [0.5, 0.6) is 5.75 Å². The number of nitrogens with zero attached hydrogens (tertiary/aromatic N) is 1. The minimum atomic E-state index is -2.83. The lowest BCUT2D eigenvalue weighted by atomic mass is 10.2. The normalized spacial score (nSPS) is 10.7. The first-order valence-corrected chi connectivity index (χ1v) is 6.49. The predicted octanol–water partition coefficient (Wildman–Crippen LogP) is 4.08. The molecular formula is C13H12BrF2N3O. The maximum absolute atomic E-state index is 12.0. The number of alkyl halides is 2. The number of nitrogens with one attached hydrogen (secondary N) is 1. The second kappa shape index (κ2) is 6.04. The van der Waals surface area contributed by atoms with Crippen LogP contribution in [-0.4, -0.2) is 11.6 Å². The van der Waals surface area contributed by atoms with E-state index in [-0.39, 0.29) is 5.75 Å². The number of aromatic nitrogens is 1.